The quantitative estimate of drug-likeness (QED) is 0.0281. The zero-order chi connectivity index (χ0) is 41.4. The number of quaternary nitrogens is 1. The van der Waals surface area contributed by atoms with Crippen LogP contribution in [-0.2, 0) is 33.3 Å². The van der Waals surface area contributed by atoms with Gasteiger partial charge in [-0.05, 0) is 12.8 Å². The minimum atomic E-state index is -1.50. The molecule has 0 saturated heterocycles. The van der Waals surface area contributed by atoms with Gasteiger partial charge in [0.2, 0.25) is 0 Å². The average molecular weight is 799 g/mol. The number of carboxylic acid groups (broad SMARTS) is 1. The number of unbranched alkanes of at least 4 members (excludes halogenated alkanes) is 29. The van der Waals surface area contributed by atoms with Gasteiger partial charge < -0.3 is 28.5 Å². The second-order valence-electron chi connectivity index (χ2n) is 17.4. The van der Waals surface area contributed by atoms with Crippen molar-refractivity contribution in [2.24, 2.45) is 0 Å². The third kappa shape index (κ3) is 40.5. The first kappa shape index (κ1) is 54.3. The third-order valence-corrected chi connectivity index (χ3v) is 10.6. The van der Waals surface area contributed by atoms with Crippen LogP contribution < -0.4 is 0 Å². The van der Waals surface area contributed by atoms with Gasteiger partial charge in [0.1, 0.15) is 13.2 Å². The van der Waals surface area contributed by atoms with Crippen LogP contribution in [0.2, 0.25) is 0 Å². The molecule has 0 amide bonds. The molecular weight excluding hydrogens is 707 g/mol. The number of carboxylic acids is 1. The maximum Gasteiger partial charge on any atom is 0.361 e. The predicted molar refractivity (Wildman–Crippen MR) is 231 cm³/mol. The Kier molecular flexibility index (Phi) is 38.9. The minimum Gasteiger partial charge on any atom is -0.477 e. The molecule has 0 heterocycles. The lowest BCUT2D eigenvalue weighted by molar-refractivity contribution is -0.870. The molecule has 9 nitrogen and oxygen atoms in total. The highest BCUT2D eigenvalue weighted by atomic mass is 16.7. The molecule has 0 saturated carbocycles. The first-order chi connectivity index (χ1) is 27.1. The Labute approximate surface area is 345 Å². The van der Waals surface area contributed by atoms with Crippen molar-refractivity contribution in [3.63, 3.8) is 0 Å². The smallest absolute Gasteiger partial charge is 0.361 e. The van der Waals surface area contributed by atoms with E-state index in [1.165, 1.54) is 161 Å². The van der Waals surface area contributed by atoms with Crippen LogP contribution >= 0.6 is 0 Å². The lowest BCUT2D eigenvalue weighted by Crippen LogP contribution is -2.40. The first-order valence-corrected chi connectivity index (χ1v) is 23.7. The lowest BCUT2D eigenvalue weighted by Gasteiger charge is -2.25. The van der Waals surface area contributed by atoms with Gasteiger partial charge in [0.15, 0.2) is 6.10 Å². The van der Waals surface area contributed by atoms with Crippen LogP contribution in [0.4, 0.5) is 0 Å². The summed E-state index contributed by atoms with van der Waals surface area (Å²) < 4.78 is 22.8. The van der Waals surface area contributed by atoms with Crippen molar-refractivity contribution in [2.45, 2.75) is 238 Å². The van der Waals surface area contributed by atoms with Crippen LogP contribution in [0.5, 0.6) is 0 Å². The Morgan fingerprint density at radius 2 is 0.804 bits per heavy atom. The van der Waals surface area contributed by atoms with Crippen LogP contribution in [-0.4, -0.2) is 87.4 Å². The van der Waals surface area contributed by atoms with Crippen LogP contribution in [0.15, 0.2) is 0 Å². The third-order valence-electron chi connectivity index (χ3n) is 10.6. The highest BCUT2D eigenvalue weighted by Crippen LogP contribution is 2.16. The zero-order valence-corrected chi connectivity index (χ0v) is 37.6. The molecule has 0 aromatic carbocycles. The van der Waals surface area contributed by atoms with E-state index in [1.807, 2.05) is 21.1 Å². The second-order valence-corrected chi connectivity index (χ2v) is 17.4. The molecule has 0 aliphatic heterocycles. The molecule has 0 fully saturated rings. The van der Waals surface area contributed by atoms with E-state index >= 15 is 0 Å². The number of carbonyl (C=O) groups excluding carboxylic acids is 2. The Morgan fingerprint density at radius 1 is 0.464 bits per heavy atom. The van der Waals surface area contributed by atoms with Crippen molar-refractivity contribution in [3.05, 3.63) is 0 Å². The van der Waals surface area contributed by atoms with E-state index < -0.39 is 18.4 Å². The van der Waals surface area contributed by atoms with Gasteiger partial charge in [0.05, 0.1) is 34.4 Å². The molecule has 0 bridgehead atoms. The molecule has 2 unspecified atom stereocenters. The van der Waals surface area contributed by atoms with Crippen LogP contribution in [0.25, 0.3) is 0 Å². The van der Waals surface area contributed by atoms with Gasteiger partial charge in [-0.25, -0.2) is 4.79 Å². The number of carbonyl (C=O) groups is 3. The van der Waals surface area contributed by atoms with Crippen LogP contribution in [0.1, 0.15) is 226 Å². The summed E-state index contributed by atoms with van der Waals surface area (Å²) in [5.41, 5.74) is 0. The van der Waals surface area contributed by atoms with Gasteiger partial charge in [0.25, 0.3) is 6.29 Å². The van der Waals surface area contributed by atoms with Crippen molar-refractivity contribution >= 4 is 17.9 Å². The zero-order valence-electron chi connectivity index (χ0n) is 37.6. The molecule has 0 spiro atoms. The molecule has 0 aromatic heterocycles. The molecule has 332 valence electrons. The Balaban J connectivity index is 4.33. The summed E-state index contributed by atoms with van der Waals surface area (Å²) in [6.45, 7) is 4.90. The topological polar surface area (TPSA) is 108 Å². The fraction of sp³-hybridized carbons (Fsp3) is 0.936. The molecule has 56 heavy (non-hydrogen) atoms. The van der Waals surface area contributed by atoms with E-state index in [1.54, 1.807) is 0 Å². The van der Waals surface area contributed by atoms with E-state index in [0.29, 0.717) is 17.4 Å². The Morgan fingerprint density at radius 3 is 1.14 bits per heavy atom. The Hall–Kier alpha value is -1.71. The summed E-state index contributed by atoms with van der Waals surface area (Å²) in [5, 5.41) is 9.63. The monoisotopic (exact) mass is 799 g/mol. The van der Waals surface area contributed by atoms with Crippen molar-refractivity contribution in [1.29, 1.82) is 0 Å². The lowest BCUT2D eigenvalue weighted by atomic mass is 10.0. The van der Waals surface area contributed by atoms with Gasteiger partial charge in [-0.15, -0.1) is 0 Å². The summed E-state index contributed by atoms with van der Waals surface area (Å²) in [6, 6.07) is 0. The summed E-state index contributed by atoms with van der Waals surface area (Å²) in [4.78, 5) is 37.1. The normalized spacial score (nSPS) is 12.8. The molecule has 2 atom stereocenters. The maximum absolute atomic E-state index is 12.8. The van der Waals surface area contributed by atoms with Gasteiger partial charge in [-0.2, -0.15) is 0 Å². The summed E-state index contributed by atoms with van der Waals surface area (Å²) in [7, 11) is 5.96. The van der Waals surface area contributed by atoms with Gasteiger partial charge >= 0.3 is 17.9 Å². The van der Waals surface area contributed by atoms with Gasteiger partial charge in [-0.1, -0.05) is 200 Å². The molecule has 0 aromatic rings. The van der Waals surface area contributed by atoms with E-state index in [-0.39, 0.29) is 38.2 Å². The summed E-state index contributed by atoms with van der Waals surface area (Å²) >= 11 is 0. The van der Waals surface area contributed by atoms with E-state index in [2.05, 4.69) is 13.8 Å². The van der Waals surface area contributed by atoms with Gasteiger partial charge in [-0.3, -0.25) is 9.59 Å². The number of aliphatic carboxylic acids is 1. The number of rotatable bonds is 44. The fourth-order valence-electron chi connectivity index (χ4n) is 6.90. The van der Waals surface area contributed by atoms with E-state index in [9.17, 15) is 19.5 Å². The SMILES string of the molecule is CCCCCCCCCCCCCCCCCCCCCC(=O)OC(COC(=O)CCCCCCCCCCCCCC)COC(OCC[N+](C)(C)C)C(=O)O. The highest BCUT2D eigenvalue weighted by molar-refractivity contribution is 5.71. The number of ether oxygens (including phenoxy) is 4. The standard InChI is InChI=1S/C47H91NO8/c1-6-8-10-12-14-16-18-20-21-22-23-24-25-26-28-30-32-34-36-38-45(50)56-43(42-55-47(46(51)52)53-40-39-48(3,4)5)41-54-44(49)37-35-33-31-29-27-19-17-15-13-11-9-7-2/h43,47H,6-42H2,1-5H3/p+1. The minimum absolute atomic E-state index is 0.173. The average Bonchev–Trinajstić information content (AvgIpc) is 3.15. The van der Waals surface area contributed by atoms with Crippen molar-refractivity contribution in [2.75, 3.05) is 47.5 Å². The molecular formula is C47H92NO8+. The first-order valence-electron chi connectivity index (χ1n) is 23.7. The molecule has 1 N–H and O–H groups in total. The predicted octanol–water partition coefficient (Wildman–Crippen LogP) is 12.5. The molecule has 0 aliphatic rings. The summed E-state index contributed by atoms with van der Waals surface area (Å²) in [6.07, 6.45) is 37.3. The molecule has 0 rings (SSSR count). The molecule has 9 heteroatoms. The van der Waals surface area contributed by atoms with E-state index in [4.69, 9.17) is 18.9 Å². The van der Waals surface area contributed by atoms with Crippen molar-refractivity contribution < 1.29 is 42.9 Å². The highest BCUT2D eigenvalue weighted by Gasteiger charge is 2.25. The fourth-order valence-corrected chi connectivity index (χ4v) is 6.90. The van der Waals surface area contributed by atoms with Crippen molar-refractivity contribution in [1.82, 2.24) is 0 Å². The van der Waals surface area contributed by atoms with Gasteiger partial charge in [0, 0.05) is 12.8 Å². The number of hydrogen-bond donors (Lipinski definition) is 1. The summed E-state index contributed by atoms with van der Waals surface area (Å²) in [5.74, 6) is -1.99. The molecule has 0 radical (unpaired) electrons. The number of hydrogen-bond acceptors (Lipinski definition) is 7. The maximum atomic E-state index is 12.8. The number of likely N-dealkylation sites (N-methyl/N-ethyl adjacent to an activating group) is 1. The molecule has 0 aliphatic carbocycles. The van der Waals surface area contributed by atoms with E-state index in [0.717, 1.165) is 38.5 Å². The number of nitrogens with zero attached hydrogens (tertiary/aromatic N) is 1. The van der Waals surface area contributed by atoms with Crippen LogP contribution in [0.3, 0.4) is 0 Å². The second kappa shape index (κ2) is 40.1. The van der Waals surface area contributed by atoms with Crippen molar-refractivity contribution in [3.8, 4) is 0 Å². The van der Waals surface area contributed by atoms with Crippen LogP contribution in [0, 0.1) is 0 Å². The Bertz CT molecular complexity index is 892. The largest absolute Gasteiger partial charge is 0.477 e. The number of esters is 2.